The third-order valence-corrected chi connectivity index (χ3v) is 3.55. The van der Waals surface area contributed by atoms with Crippen molar-refractivity contribution in [1.82, 2.24) is 14.9 Å². The summed E-state index contributed by atoms with van der Waals surface area (Å²) in [6, 6.07) is 5.37. The van der Waals surface area contributed by atoms with E-state index in [-0.39, 0.29) is 17.0 Å². The molecule has 4 nitrogen and oxygen atoms in total. The normalized spacial score (nSPS) is 12.9. The molecule has 0 spiro atoms. The zero-order valence-corrected chi connectivity index (χ0v) is 11.7. The molecule has 1 atom stereocenters. The van der Waals surface area contributed by atoms with Crippen LogP contribution in [0.5, 0.6) is 0 Å². The molecule has 0 fully saturated rings. The molecule has 0 saturated carbocycles. The first-order chi connectivity index (χ1) is 8.06. The first-order valence-corrected chi connectivity index (χ1v) is 6.27. The molecule has 0 aliphatic carbocycles. The zero-order valence-electron chi connectivity index (χ0n) is 9.37. The van der Waals surface area contributed by atoms with Gasteiger partial charge in [-0.1, -0.05) is 6.07 Å². The molecule has 0 aliphatic heterocycles. The molecule has 0 amide bonds. The monoisotopic (exact) mass is 315 g/mol. The average Bonchev–Trinajstić information content (AvgIpc) is 2.30. The van der Waals surface area contributed by atoms with Crippen molar-refractivity contribution in [3.63, 3.8) is 0 Å². The van der Waals surface area contributed by atoms with E-state index in [0.29, 0.717) is 10.9 Å². The highest BCUT2D eigenvalue weighted by molar-refractivity contribution is 9.10. The molecule has 1 aromatic heterocycles. The number of hydrogen-bond donors (Lipinski definition) is 1. The summed E-state index contributed by atoms with van der Waals surface area (Å²) >= 11 is 9.40. The maximum atomic E-state index is 12.3. The molecule has 1 N–H and O–H groups in total. The van der Waals surface area contributed by atoms with Gasteiger partial charge in [0.2, 0.25) is 5.28 Å². The molecule has 90 valence electrons. The Morgan fingerprint density at radius 2 is 2.24 bits per heavy atom. The fourth-order valence-electron chi connectivity index (χ4n) is 1.63. The predicted octanol–water partition coefficient (Wildman–Crippen LogP) is 2.55. The minimum Gasteiger partial charge on any atom is -0.300 e. The van der Waals surface area contributed by atoms with Crippen molar-refractivity contribution in [3.05, 3.63) is 38.3 Å². The molecule has 1 heterocycles. The lowest BCUT2D eigenvalue weighted by Crippen LogP contribution is -2.31. The van der Waals surface area contributed by atoms with Crippen molar-refractivity contribution in [2.75, 3.05) is 7.05 Å². The first-order valence-electron chi connectivity index (χ1n) is 5.09. The minimum absolute atomic E-state index is 0.150. The van der Waals surface area contributed by atoms with E-state index in [4.69, 9.17) is 11.6 Å². The highest BCUT2D eigenvalue weighted by Gasteiger charge is 2.14. The van der Waals surface area contributed by atoms with Gasteiger partial charge in [0.15, 0.2) is 0 Å². The Balaban J connectivity index is 2.86. The Hall–Kier alpha value is -0.910. The van der Waals surface area contributed by atoms with Gasteiger partial charge in [-0.25, -0.2) is 4.98 Å². The van der Waals surface area contributed by atoms with Crippen LogP contribution < -0.4 is 10.9 Å². The van der Waals surface area contributed by atoms with Crippen LogP contribution >= 0.6 is 27.5 Å². The van der Waals surface area contributed by atoms with Crippen molar-refractivity contribution in [3.8, 4) is 0 Å². The van der Waals surface area contributed by atoms with Crippen molar-refractivity contribution >= 4 is 38.4 Å². The molecule has 0 bridgehead atoms. The summed E-state index contributed by atoms with van der Waals surface area (Å²) in [5, 5.41) is 3.69. The van der Waals surface area contributed by atoms with E-state index in [1.54, 1.807) is 19.2 Å². The molecule has 17 heavy (non-hydrogen) atoms. The highest BCUT2D eigenvalue weighted by atomic mass is 79.9. The van der Waals surface area contributed by atoms with E-state index < -0.39 is 0 Å². The van der Waals surface area contributed by atoms with E-state index >= 15 is 0 Å². The molecular formula is C11H11BrClN3O. The van der Waals surface area contributed by atoms with Crippen LogP contribution in [0.15, 0.2) is 27.5 Å². The largest absolute Gasteiger partial charge is 0.300 e. The molecule has 6 heteroatoms. The number of nitrogens with one attached hydrogen (secondary N) is 1. The minimum atomic E-state index is -0.203. The van der Waals surface area contributed by atoms with Crippen LogP contribution in [-0.2, 0) is 0 Å². The summed E-state index contributed by atoms with van der Waals surface area (Å²) < 4.78 is 2.19. The Kier molecular flexibility index (Phi) is 3.51. The molecule has 0 aliphatic rings. The zero-order chi connectivity index (χ0) is 12.6. The molecule has 0 radical (unpaired) electrons. The van der Waals surface area contributed by atoms with Gasteiger partial charge in [0.1, 0.15) is 0 Å². The third kappa shape index (κ3) is 2.10. The average molecular weight is 317 g/mol. The topological polar surface area (TPSA) is 46.9 Å². The van der Waals surface area contributed by atoms with Gasteiger partial charge < -0.3 is 5.32 Å². The number of rotatable bonds is 2. The van der Waals surface area contributed by atoms with Gasteiger partial charge in [-0.15, -0.1) is 0 Å². The van der Waals surface area contributed by atoms with Gasteiger partial charge in [-0.05, 0) is 53.6 Å². The maximum Gasteiger partial charge on any atom is 0.263 e. The van der Waals surface area contributed by atoms with Gasteiger partial charge in [-0.3, -0.25) is 9.36 Å². The summed E-state index contributed by atoms with van der Waals surface area (Å²) in [4.78, 5) is 16.5. The fraction of sp³-hybridized carbons (Fsp3) is 0.273. The number of fused-ring (bicyclic) bond motifs is 1. The standard InChI is InChI=1S/C11H11BrClN3O/c1-6(14-2)16-10(17)7-4-3-5-8(12)9(7)15-11(16)13/h3-6,14H,1-2H3. The van der Waals surface area contributed by atoms with Gasteiger partial charge in [0, 0.05) is 4.47 Å². The van der Waals surface area contributed by atoms with Crippen LogP contribution in [0, 0.1) is 0 Å². The van der Waals surface area contributed by atoms with E-state index in [1.807, 2.05) is 13.0 Å². The number of nitrogens with zero attached hydrogens (tertiary/aromatic N) is 2. The number of hydrogen-bond acceptors (Lipinski definition) is 3. The lowest BCUT2D eigenvalue weighted by Gasteiger charge is -2.16. The van der Waals surface area contributed by atoms with Crippen LogP contribution in [0.2, 0.25) is 5.28 Å². The number of halogens is 2. The third-order valence-electron chi connectivity index (χ3n) is 2.64. The van der Waals surface area contributed by atoms with Crippen molar-refractivity contribution in [2.45, 2.75) is 13.1 Å². The first kappa shape index (κ1) is 12.5. The van der Waals surface area contributed by atoms with E-state index in [0.717, 1.165) is 4.47 Å². The number of para-hydroxylation sites is 1. The van der Waals surface area contributed by atoms with Gasteiger partial charge in [-0.2, -0.15) is 0 Å². The summed E-state index contributed by atoms with van der Waals surface area (Å²) in [6.07, 6.45) is -0.203. The van der Waals surface area contributed by atoms with Crippen LogP contribution in [0.25, 0.3) is 10.9 Å². The second-order valence-corrected chi connectivity index (χ2v) is 4.85. The number of aromatic nitrogens is 2. The van der Waals surface area contributed by atoms with Crippen LogP contribution in [-0.4, -0.2) is 16.6 Å². The maximum absolute atomic E-state index is 12.3. The van der Waals surface area contributed by atoms with Crippen LogP contribution in [0.1, 0.15) is 13.1 Å². The molecule has 2 rings (SSSR count). The van der Waals surface area contributed by atoms with Crippen molar-refractivity contribution in [1.29, 1.82) is 0 Å². The lowest BCUT2D eigenvalue weighted by molar-refractivity contribution is 0.461. The summed E-state index contributed by atoms with van der Waals surface area (Å²) in [5.41, 5.74) is 0.435. The summed E-state index contributed by atoms with van der Waals surface area (Å²) in [6.45, 7) is 1.85. The molecular weight excluding hydrogens is 305 g/mol. The molecule has 1 aromatic carbocycles. The quantitative estimate of drug-likeness (QED) is 0.866. The van der Waals surface area contributed by atoms with E-state index in [1.165, 1.54) is 4.57 Å². The second kappa shape index (κ2) is 4.76. The van der Waals surface area contributed by atoms with E-state index in [9.17, 15) is 4.79 Å². The van der Waals surface area contributed by atoms with Gasteiger partial charge in [0.25, 0.3) is 5.56 Å². The molecule has 2 aromatic rings. The number of benzene rings is 1. The summed E-state index contributed by atoms with van der Waals surface area (Å²) in [7, 11) is 1.76. The highest BCUT2D eigenvalue weighted by Crippen LogP contribution is 2.21. The van der Waals surface area contributed by atoms with Crippen molar-refractivity contribution in [2.24, 2.45) is 0 Å². The van der Waals surface area contributed by atoms with Gasteiger partial charge >= 0.3 is 0 Å². The van der Waals surface area contributed by atoms with Crippen molar-refractivity contribution < 1.29 is 0 Å². The smallest absolute Gasteiger partial charge is 0.263 e. The Morgan fingerprint density at radius 1 is 1.53 bits per heavy atom. The fourth-order valence-corrected chi connectivity index (χ4v) is 2.39. The van der Waals surface area contributed by atoms with E-state index in [2.05, 4.69) is 26.2 Å². The van der Waals surface area contributed by atoms with Gasteiger partial charge in [0.05, 0.1) is 17.1 Å². The summed E-state index contributed by atoms with van der Waals surface area (Å²) in [5.74, 6) is 0. The molecule has 0 saturated heterocycles. The second-order valence-electron chi connectivity index (χ2n) is 3.66. The Morgan fingerprint density at radius 3 is 2.88 bits per heavy atom. The van der Waals surface area contributed by atoms with Crippen LogP contribution in [0.4, 0.5) is 0 Å². The lowest BCUT2D eigenvalue weighted by atomic mass is 10.2. The SMILES string of the molecule is CNC(C)n1c(Cl)nc2c(Br)cccc2c1=O. The van der Waals surface area contributed by atoms with Crippen LogP contribution in [0.3, 0.4) is 0 Å². The molecule has 1 unspecified atom stereocenters. The predicted molar refractivity (Wildman–Crippen MR) is 72.5 cm³/mol. The Labute approximate surface area is 112 Å². The Bertz CT molecular complexity index is 626.